The third-order valence-electron chi connectivity index (χ3n) is 15.7. The molecule has 6 amide bonds. The number of nitrogens with one attached hydrogen (secondary N) is 1. The van der Waals surface area contributed by atoms with Gasteiger partial charge in [0.2, 0.25) is 33.7 Å². The number of imide groups is 1. The van der Waals surface area contributed by atoms with Gasteiger partial charge < -0.3 is 24.2 Å². The third-order valence-corrected chi connectivity index (χ3v) is 16.3. The molecule has 394 valence electrons. The topological polar surface area (TPSA) is 214 Å². The van der Waals surface area contributed by atoms with Crippen molar-refractivity contribution in [2.75, 3.05) is 40.6 Å². The number of likely N-dealkylation sites (N-methyl/N-ethyl adjacent to an activating group) is 1. The fourth-order valence-corrected chi connectivity index (χ4v) is 12.2. The van der Waals surface area contributed by atoms with Crippen LogP contribution in [0.4, 0.5) is 0 Å². The van der Waals surface area contributed by atoms with Crippen molar-refractivity contribution in [3.63, 3.8) is 0 Å². The molecule has 0 spiro atoms. The number of Topliss-reactive ketones (excluding diaryl/α,β-unsaturated/α-hetero) is 2. The van der Waals surface area contributed by atoms with E-state index in [2.05, 4.69) is 0 Å². The lowest BCUT2D eigenvalue weighted by molar-refractivity contribution is -0.150. The van der Waals surface area contributed by atoms with Gasteiger partial charge in [-0.25, -0.2) is 8.42 Å². The summed E-state index contributed by atoms with van der Waals surface area (Å²) in [6.45, 7) is 10.3. The van der Waals surface area contributed by atoms with Gasteiger partial charge in [0.25, 0.3) is 11.8 Å². The van der Waals surface area contributed by atoms with E-state index in [1.165, 1.54) is 31.3 Å². The quantitative estimate of drug-likeness (QED) is 0.0878. The second-order valence-corrected chi connectivity index (χ2v) is 22.6. The standard InChI is InChI=1S/C53H79N5O12S/c1-10-34(4)49(55(6)53(66)40(33(2)3)31-43(60)50-37-22-23-39(29-37)58(50)47(63)21-15-12-16-26-57-45(61)24-25-46(57)62)44(69-7)32-48(64)56-27-17-20-41(56)51(70-8)35(5)42(59)30-38(52(65)54-71(9,67)68)28-36-18-13-11-14-19-36/h11,13-14,18-19,24-25,33-35,37-41,44,49-51H,10,12,15-17,20-23,26-32H2,1-9H3,(H,54,65)/t34-,35-,37-,38+,39+,40-,41-,44+,49-,50-,51+/m0/s1. The second-order valence-electron chi connectivity index (χ2n) is 20.9. The summed E-state index contributed by atoms with van der Waals surface area (Å²) in [6, 6.07) is 7.40. The minimum atomic E-state index is -3.89. The number of hydrogen-bond acceptors (Lipinski definition) is 12. The zero-order valence-electron chi connectivity index (χ0n) is 43.4. The van der Waals surface area contributed by atoms with E-state index in [9.17, 15) is 46.8 Å². The predicted molar refractivity (Wildman–Crippen MR) is 266 cm³/mol. The largest absolute Gasteiger partial charge is 0.379 e. The van der Waals surface area contributed by atoms with Crippen LogP contribution in [0.5, 0.6) is 0 Å². The Morgan fingerprint density at radius 2 is 1.54 bits per heavy atom. The van der Waals surface area contributed by atoms with Gasteiger partial charge in [-0.15, -0.1) is 0 Å². The van der Waals surface area contributed by atoms with E-state index in [0.717, 1.165) is 31.1 Å². The van der Waals surface area contributed by atoms with Crippen LogP contribution in [0.2, 0.25) is 0 Å². The molecular weight excluding hydrogens is 931 g/mol. The van der Waals surface area contributed by atoms with Gasteiger partial charge in [-0.2, -0.15) is 0 Å². The highest BCUT2D eigenvalue weighted by molar-refractivity contribution is 7.89. The van der Waals surface area contributed by atoms with Crippen molar-refractivity contribution in [3.05, 3.63) is 48.0 Å². The SMILES string of the molecule is CC[C@H](C)[C@@H]([C@@H](CC(=O)N1CCC[C@H]1[C@H](OC)[C@@H](C)C(=O)C[C@@H](Cc1ccccc1)C(=O)NS(C)(=O)=O)OC)N(C)C(=O)[C@@H](CC(=O)[C@@H]1[C@H]2CC[C@H](C2)N1C(=O)CCCCCN1C(=O)C=CC1=O)C(C)C. The Labute approximate surface area is 421 Å². The molecule has 3 heterocycles. The van der Waals surface area contributed by atoms with Gasteiger partial charge in [-0.05, 0) is 74.7 Å². The zero-order chi connectivity index (χ0) is 52.3. The highest BCUT2D eigenvalue weighted by atomic mass is 32.2. The summed E-state index contributed by atoms with van der Waals surface area (Å²) >= 11 is 0. The first-order valence-corrected chi connectivity index (χ1v) is 27.6. The van der Waals surface area contributed by atoms with E-state index in [1.807, 2.05) is 50.6 Å². The Kier molecular flexibility index (Phi) is 20.7. The number of piperidine rings is 1. The third kappa shape index (κ3) is 14.5. The Bertz CT molecular complexity index is 2200. The Morgan fingerprint density at radius 1 is 0.859 bits per heavy atom. The zero-order valence-corrected chi connectivity index (χ0v) is 44.2. The summed E-state index contributed by atoms with van der Waals surface area (Å²) < 4.78 is 38.2. The van der Waals surface area contributed by atoms with Crippen molar-refractivity contribution in [2.45, 2.75) is 161 Å². The van der Waals surface area contributed by atoms with E-state index in [4.69, 9.17) is 9.47 Å². The maximum absolute atomic E-state index is 14.8. The molecule has 0 radical (unpaired) electrons. The summed E-state index contributed by atoms with van der Waals surface area (Å²) in [6.07, 6.45) is 8.12. The van der Waals surface area contributed by atoms with E-state index in [1.54, 1.807) is 40.8 Å². The first-order valence-electron chi connectivity index (χ1n) is 25.7. The fraction of sp³-hybridized carbons (Fsp3) is 0.698. The summed E-state index contributed by atoms with van der Waals surface area (Å²) in [4.78, 5) is 115. The van der Waals surface area contributed by atoms with Crippen molar-refractivity contribution in [1.29, 1.82) is 0 Å². The number of rotatable bonds is 28. The van der Waals surface area contributed by atoms with Gasteiger partial charge >= 0.3 is 0 Å². The second kappa shape index (κ2) is 25.7. The lowest BCUT2D eigenvalue weighted by atomic mass is 9.83. The number of unbranched alkanes of at least 4 members (excludes halogenated alkanes) is 2. The van der Waals surface area contributed by atoms with Crippen LogP contribution in [0, 0.1) is 35.5 Å². The van der Waals surface area contributed by atoms with Crippen LogP contribution in [0.25, 0.3) is 0 Å². The minimum Gasteiger partial charge on any atom is -0.379 e. The molecule has 17 nitrogen and oxygen atoms in total. The van der Waals surface area contributed by atoms with E-state index in [-0.39, 0.29) is 97.0 Å². The van der Waals surface area contributed by atoms with Crippen molar-refractivity contribution in [3.8, 4) is 0 Å². The summed E-state index contributed by atoms with van der Waals surface area (Å²) in [7, 11) is 0.836. The van der Waals surface area contributed by atoms with Gasteiger partial charge in [0.05, 0.1) is 43.0 Å². The highest BCUT2D eigenvalue weighted by Crippen LogP contribution is 2.44. The smallest absolute Gasteiger partial charge is 0.253 e. The first-order chi connectivity index (χ1) is 33.6. The fourth-order valence-electron chi connectivity index (χ4n) is 11.7. The molecule has 3 fully saturated rings. The number of carbonyl (C=O) groups is 8. The van der Waals surface area contributed by atoms with Gasteiger partial charge in [-0.1, -0.05) is 77.8 Å². The maximum atomic E-state index is 14.8. The van der Waals surface area contributed by atoms with Crippen LogP contribution in [-0.2, 0) is 64.3 Å². The number of sulfonamides is 1. The van der Waals surface area contributed by atoms with Crippen molar-refractivity contribution in [1.82, 2.24) is 24.3 Å². The van der Waals surface area contributed by atoms with Crippen LogP contribution in [-0.4, -0.2) is 152 Å². The van der Waals surface area contributed by atoms with Crippen LogP contribution >= 0.6 is 0 Å². The van der Waals surface area contributed by atoms with Crippen LogP contribution in [0.1, 0.15) is 124 Å². The summed E-state index contributed by atoms with van der Waals surface area (Å²) in [5.74, 6) is -5.10. The molecule has 2 saturated heterocycles. The van der Waals surface area contributed by atoms with Crippen LogP contribution in [0.3, 0.4) is 0 Å². The lowest BCUT2D eigenvalue weighted by Crippen LogP contribution is -2.54. The molecule has 2 bridgehead atoms. The number of benzene rings is 1. The van der Waals surface area contributed by atoms with Gasteiger partial charge in [0, 0.05) is 89.6 Å². The van der Waals surface area contributed by atoms with Crippen molar-refractivity contribution >= 4 is 57.0 Å². The number of methoxy groups -OCH3 is 2. The molecular formula is C53H79N5O12S. The molecule has 18 heteroatoms. The monoisotopic (exact) mass is 1010 g/mol. The molecule has 0 unspecified atom stereocenters. The number of hydrogen-bond donors (Lipinski definition) is 1. The van der Waals surface area contributed by atoms with Gasteiger partial charge in [0.1, 0.15) is 5.78 Å². The van der Waals surface area contributed by atoms with Gasteiger partial charge in [-0.3, -0.25) is 48.0 Å². The average Bonchev–Trinajstić information content (AvgIpc) is 4.15. The molecule has 1 aliphatic carbocycles. The van der Waals surface area contributed by atoms with Crippen LogP contribution < -0.4 is 4.72 Å². The average molecular weight is 1010 g/mol. The van der Waals surface area contributed by atoms with E-state index >= 15 is 0 Å². The number of carbonyl (C=O) groups excluding carboxylic acids is 8. The maximum Gasteiger partial charge on any atom is 0.253 e. The predicted octanol–water partition coefficient (Wildman–Crippen LogP) is 4.90. The number of fused-ring (bicyclic) bond motifs is 2. The van der Waals surface area contributed by atoms with Crippen LogP contribution in [0.15, 0.2) is 42.5 Å². The molecule has 5 rings (SSSR count). The Morgan fingerprint density at radius 3 is 2.14 bits per heavy atom. The number of ether oxygens (including phenoxy) is 2. The van der Waals surface area contributed by atoms with Crippen molar-refractivity contribution in [2.24, 2.45) is 35.5 Å². The van der Waals surface area contributed by atoms with E-state index < -0.39 is 64.0 Å². The number of amides is 6. The number of ketones is 2. The molecule has 1 N–H and O–H groups in total. The molecule has 1 aromatic carbocycles. The summed E-state index contributed by atoms with van der Waals surface area (Å²) in [5, 5.41) is 0. The highest BCUT2D eigenvalue weighted by Gasteiger charge is 2.52. The van der Waals surface area contributed by atoms with E-state index in [0.29, 0.717) is 51.6 Å². The Hall–Kier alpha value is -4.81. The summed E-state index contributed by atoms with van der Waals surface area (Å²) in [5.41, 5.74) is 0.769. The molecule has 1 saturated carbocycles. The molecule has 1 aromatic rings. The molecule has 0 aromatic heterocycles. The minimum absolute atomic E-state index is 0.0182. The molecule has 3 aliphatic heterocycles. The first kappa shape index (κ1) is 57.1. The Balaban J connectivity index is 1.24. The van der Waals surface area contributed by atoms with Gasteiger partial charge in [0.15, 0.2) is 5.78 Å². The van der Waals surface area contributed by atoms with Crippen molar-refractivity contribution < 1.29 is 56.2 Å². The lowest BCUT2D eigenvalue weighted by Gasteiger charge is -2.41. The molecule has 71 heavy (non-hydrogen) atoms. The molecule has 11 atom stereocenters. The normalized spacial score (nSPS) is 22.9. The number of nitrogens with zero attached hydrogens (tertiary/aromatic N) is 4. The number of likely N-dealkylation sites (tertiary alicyclic amines) is 2. The molecule has 4 aliphatic rings.